The Hall–Kier alpha value is -3.66. The van der Waals surface area contributed by atoms with Gasteiger partial charge in [0.1, 0.15) is 34.5 Å². The first-order valence-electron chi connectivity index (χ1n) is 8.14. The van der Waals surface area contributed by atoms with E-state index >= 15 is 0 Å². The van der Waals surface area contributed by atoms with Gasteiger partial charge in [0.25, 0.3) is 0 Å². The standard InChI is InChI=1S/C22H16O4/c23-15-7-11-17(12-8-15)25-21-5-1-3-19-20(21)4-2-6-22(19)26-18-13-9-16(24)10-14-18/h1-14,23-24H. The Kier molecular flexibility index (Phi) is 4.07. The number of aromatic hydroxyl groups is 2. The average molecular weight is 344 g/mol. The fourth-order valence-corrected chi connectivity index (χ4v) is 2.71. The normalized spacial score (nSPS) is 10.6. The molecule has 0 amide bonds. The summed E-state index contributed by atoms with van der Waals surface area (Å²) in [6, 6.07) is 24.7. The van der Waals surface area contributed by atoms with E-state index < -0.39 is 0 Å². The molecule has 0 spiro atoms. The van der Waals surface area contributed by atoms with Crippen LogP contribution in [0.4, 0.5) is 0 Å². The Labute approximate surface area is 150 Å². The third-order valence-corrected chi connectivity index (χ3v) is 3.97. The van der Waals surface area contributed by atoms with Crippen LogP contribution in [0.25, 0.3) is 10.8 Å². The van der Waals surface area contributed by atoms with Crippen molar-refractivity contribution in [3.8, 4) is 34.5 Å². The minimum Gasteiger partial charge on any atom is -0.508 e. The van der Waals surface area contributed by atoms with Crippen LogP contribution in [0.2, 0.25) is 0 Å². The molecule has 128 valence electrons. The van der Waals surface area contributed by atoms with Crippen molar-refractivity contribution in [2.75, 3.05) is 0 Å². The summed E-state index contributed by atoms with van der Waals surface area (Å²) in [5.74, 6) is 3.06. The molecule has 4 nitrogen and oxygen atoms in total. The van der Waals surface area contributed by atoms with Crippen molar-refractivity contribution in [3.05, 3.63) is 84.9 Å². The highest BCUT2D eigenvalue weighted by Crippen LogP contribution is 2.36. The third kappa shape index (κ3) is 3.26. The molecule has 0 aromatic heterocycles. The molecule has 0 unspecified atom stereocenters. The van der Waals surface area contributed by atoms with Crippen LogP contribution in [0, 0.1) is 0 Å². The van der Waals surface area contributed by atoms with Crippen LogP contribution >= 0.6 is 0 Å². The zero-order chi connectivity index (χ0) is 17.9. The minimum absolute atomic E-state index is 0.194. The summed E-state index contributed by atoms with van der Waals surface area (Å²) in [5.41, 5.74) is 0. The molecule has 0 fully saturated rings. The largest absolute Gasteiger partial charge is 0.508 e. The van der Waals surface area contributed by atoms with Gasteiger partial charge in [0.05, 0.1) is 0 Å². The number of rotatable bonds is 4. The number of ether oxygens (including phenoxy) is 2. The lowest BCUT2D eigenvalue weighted by Gasteiger charge is -2.12. The van der Waals surface area contributed by atoms with Crippen molar-refractivity contribution in [1.29, 1.82) is 0 Å². The van der Waals surface area contributed by atoms with Crippen LogP contribution < -0.4 is 9.47 Å². The number of phenols is 2. The fraction of sp³-hybridized carbons (Fsp3) is 0. The van der Waals surface area contributed by atoms with E-state index in [1.165, 1.54) is 0 Å². The lowest BCUT2D eigenvalue weighted by atomic mass is 10.1. The van der Waals surface area contributed by atoms with Crippen LogP contribution in [-0.2, 0) is 0 Å². The molecule has 0 saturated carbocycles. The zero-order valence-electron chi connectivity index (χ0n) is 13.8. The SMILES string of the molecule is Oc1ccc(Oc2cccc3c(Oc4ccc(O)cc4)cccc23)cc1. The van der Waals surface area contributed by atoms with Gasteiger partial charge < -0.3 is 19.7 Å². The first-order valence-corrected chi connectivity index (χ1v) is 8.14. The number of benzene rings is 4. The van der Waals surface area contributed by atoms with Gasteiger partial charge >= 0.3 is 0 Å². The highest BCUT2D eigenvalue weighted by molar-refractivity contribution is 5.93. The van der Waals surface area contributed by atoms with Gasteiger partial charge in [-0.1, -0.05) is 24.3 Å². The van der Waals surface area contributed by atoms with E-state index in [4.69, 9.17) is 9.47 Å². The topological polar surface area (TPSA) is 58.9 Å². The maximum absolute atomic E-state index is 9.40. The molecule has 0 aliphatic heterocycles. The van der Waals surface area contributed by atoms with Crippen molar-refractivity contribution in [3.63, 3.8) is 0 Å². The van der Waals surface area contributed by atoms with Crippen molar-refractivity contribution >= 4 is 10.8 Å². The first-order chi connectivity index (χ1) is 12.7. The van der Waals surface area contributed by atoms with E-state index in [1.54, 1.807) is 48.5 Å². The molecular weight excluding hydrogens is 328 g/mol. The summed E-state index contributed by atoms with van der Waals surface area (Å²) in [6.07, 6.45) is 0. The smallest absolute Gasteiger partial charge is 0.135 e. The van der Waals surface area contributed by atoms with Crippen LogP contribution in [-0.4, -0.2) is 10.2 Å². The Bertz CT molecular complexity index is 951. The zero-order valence-corrected chi connectivity index (χ0v) is 13.8. The van der Waals surface area contributed by atoms with E-state index in [0.29, 0.717) is 23.0 Å². The molecule has 4 aromatic rings. The van der Waals surface area contributed by atoms with E-state index in [2.05, 4.69) is 0 Å². The van der Waals surface area contributed by atoms with Gasteiger partial charge in [0, 0.05) is 10.8 Å². The van der Waals surface area contributed by atoms with E-state index in [-0.39, 0.29) is 11.5 Å². The number of hydrogen-bond donors (Lipinski definition) is 2. The van der Waals surface area contributed by atoms with Gasteiger partial charge in [-0.05, 0) is 60.7 Å². The van der Waals surface area contributed by atoms with Gasteiger partial charge in [-0.2, -0.15) is 0 Å². The van der Waals surface area contributed by atoms with Crippen molar-refractivity contribution in [2.45, 2.75) is 0 Å². The second kappa shape index (κ2) is 6.69. The van der Waals surface area contributed by atoms with Crippen LogP contribution in [0.15, 0.2) is 84.9 Å². The van der Waals surface area contributed by atoms with Crippen LogP contribution in [0.5, 0.6) is 34.5 Å². The number of fused-ring (bicyclic) bond motifs is 1. The van der Waals surface area contributed by atoms with Gasteiger partial charge in [-0.3, -0.25) is 0 Å². The van der Waals surface area contributed by atoms with Crippen molar-refractivity contribution in [2.24, 2.45) is 0 Å². The van der Waals surface area contributed by atoms with E-state index in [0.717, 1.165) is 10.8 Å². The molecule has 0 bridgehead atoms. The fourth-order valence-electron chi connectivity index (χ4n) is 2.71. The summed E-state index contributed by atoms with van der Waals surface area (Å²) >= 11 is 0. The Morgan fingerprint density at radius 3 is 1.23 bits per heavy atom. The van der Waals surface area contributed by atoms with Gasteiger partial charge in [-0.15, -0.1) is 0 Å². The number of phenolic OH excluding ortho intramolecular Hbond substituents is 2. The molecule has 4 rings (SSSR count). The molecule has 4 aromatic carbocycles. The molecule has 0 aliphatic rings. The molecule has 26 heavy (non-hydrogen) atoms. The van der Waals surface area contributed by atoms with E-state index in [1.807, 2.05) is 36.4 Å². The monoisotopic (exact) mass is 344 g/mol. The molecule has 0 atom stereocenters. The average Bonchev–Trinajstić information content (AvgIpc) is 2.66. The summed E-state index contributed by atoms with van der Waals surface area (Å²) in [5, 5.41) is 20.6. The van der Waals surface area contributed by atoms with Gasteiger partial charge in [-0.25, -0.2) is 0 Å². The second-order valence-corrected chi connectivity index (χ2v) is 5.80. The Balaban J connectivity index is 1.70. The Morgan fingerprint density at radius 2 is 0.846 bits per heavy atom. The minimum atomic E-state index is 0.194. The molecule has 0 radical (unpaired) electrons. The Morgan fingerprint density at radius 1 is 0.462 bits per heavy atom. The summed E-state index contributed by atoms with van der Waals surface area (Å²) in [6.45, 7) is 0. The predicted octanol–water partition coefficient (Wildman–Crippen LogP) is 5.84. The first kappa shape index (κ1) is 15.8. The van der Waals surface area contributed by atoms with Gasteiger partial charge in [0.15, 0.2) is 0 Å². The lowest BCUT2D eigenvalue weighted by molar-refractivity contribution is 0.464. The third-order valence-electron chi connectivity index (χ3n) is 3.97. The highest BCUT2D eigenvalue weighted by Gasteiger charge is 2.09. The summed E-state index contributed by atoms with van der Waals surface area (Å²) in [4.78, 5) is 0. The maximum Gasteiger partial charge on any atom is 0.135 e. The van der Waals surface area contributed by atoms with Crippen LogP contribution in [0.1, 0.15) is 0 Å². The summed E-state index contributed by atoms with van der Waals surface area (Å²) < 4.78 is 11.9. The second-order valence-electron chi connectivity index (χ2n) is 5.80. The van der Waals surface area contributed by atoms with Gasteiger partial charge in [0.2, 0.25) is 0 Å². The molecule has 2 N–H and O–H groups in total. The van der Waals surface area contributed by atoms with Crippen molar-refractivity contribution < 1.29 is 19.7 Å². The number of hydrogen-bond acceptors (Lipinski definition) is 4. The summed E-state index contributed by atoms with van der Waals surface area (Å²) in [7, 11) is 0. The quantitative estimate of drug-likeness (QED) is 0.488. The predicted molar refractivity (Wildman–Crippen MR) is 100 cm³/mol. The molecule has 0 saturated heterocycles. The van der Waals surface area contributed by atoms with E-state index in [9.17, 15) is 10.2 Å². The molecule has 4 heteroatoms. The maximum atomic E-state index is 9.40. The van der Waals surface area contributed by atoms with Crippen LogP contribution in [0.3, 0.4) is 0 Å². The lowest BCUT2D eigenvalue weighted by Crippen LogP contribution is -1.89. The molecule has 0 aliphatic carbocycles. The van der Waals surface area contributed by atoms with Crippen molar-refractivity contribution in [1.82, 2.24) is 0 Å². The molecular formula is C22H16O4. The molecule has 0 heterocycles. The highest BCUT2D eigenvalue weighted by atomic mass is 16.5.